The van der Waals surface area contributed by atoms with Crippen molar-refractivity contribution in [3.8, 4) is 0 Å². The van der Waals surface area contributed by atoms with E-state index in [2.05, 4.69) is 0 Å². The summed E-state index contributed by atoms with van der Waals surface area (Å²) < 4.78 is 25.6. The van der Waals surface area contributed by atoms with Gasteiger partial charge in [0.15, 0.2) is 12.3 Å². The van der Waals surface area contributed by atoms with E-state index in [1.54, 1.807) is 0 Å². The van der Waals surface area contributed by atoms with Gasteiger partial charge in [-0.05, 0) is 0 Å². The number of nitrogens with zero attached hydrogens (tertiary/aromatic N) is 1. The molecular formula is C6H9F2NO4. The predicted molar refractivity (Wildman–Crippen MR) is 36.6 cm³/mol. The van der Waals surface area contributed by atoms with Crippen LogP contribution in [0.25, 0.3) is 0 Å². The molecule has 1 heterocycles. The fourth-order valence-electron chi connectivity index (χ4n) is 1.08. The molecule has 7 heteroatoms. The maximum Gasteiger partial charge on any atom is 0.407 e. The number of hydrogen-bond donors (Lipinski definition) is 3. The largest absolute Gasteiger partial charge is 0.465 e. The summed E-state index contributed by atoms with van der Waals surface area (Å²) in [6, 6.07) is 0. The van der Waals surface area contributed by atoms with E-state index in [1.807, 2.05) is 0 Å². The Morgan fingerprint density at radius 3 is 2.00 bits per heavy atom. The molecule has 1 amide bonds. The second kappa shape index (κ2) is 3.08. The molecule has 1 saturated heterocycles. The molecule has 1 fully saturated rings. The molecule has 0 spiro atoms. The summed E-state index contributed by atoms with van der Waals surface area (Å²) in [5.74, 6) is -3.08. The lowest BCUT2D eigenvalue weighted by molar-refractivity contribution is -0.260. The number of carboxylic acid groups (broad SMARTS) is 1. The van der Waals surface area contributed by atoms with Gasteiger partial charge in [-0.3, -0.25) is 0 Å². The first-order chi connectivity index (χ1) is 5.85. The van der Waals surface area contributed by atoms with Crippen LogP contribution in [-0.4, -0.2) is 57.5 Å². The molecule has 0 aromatic rings. The van der Waals surface area contributed by atoms with Crippen LogP contribution in [0.5, 0.6) is 0 Å². The first kappa shape index (κ1) is 10.1. The lowest BCUT2D eigenvalue weighted by Gasteiger charge is -2.38. The molecule has 13 heavy (non-hydrogen) atoms. The van der Waals surface area contributed by atoms with Gasteiger partial charge in [0.2, 0.25) is 5.79 Å². The van der Waals surface area contributed by atoms with Gasteiger partial charge in [-0.25, -0.2) is 13.6 Å². The summed E-state index contributed by atoms with van der Waals surface area (Å²) in [5, 5.41) is 26.0. The van der Waals surface area contributed by atoms with Gasteiger partial charge >= 0.3 is 6.09 Å². The second-order valence-corrected chi connectivity index (χ2v) is 2.91. The van der Waals surface area contributed by atoms with Crippen molar-refractivity contribution < 1.29 is 28.9 Å². The topological polar surface area (TPSA) is 81.0 Å². The van der Waals surface area contributed by atoms with Crippen molar-refractivity contribution in [3.05, 3.63) is 0 Å². The molecular weight excluding hydrogens is 188 g/mol. The second-order valence-electron chi connectivity index (χ2n) is 2.91. The van der Waals surface area contributed by atoms with E-state index >= 15 is 0 Å². The molecule has 76 valence electrons. The number of alkyl halides is 2. The Hall–Kier alpha value is -0.950. The highest BCUT2D eigenvalue weighted by Gasteiger charge is 2.50. The van der Waals surface area contributed by atoms with Gasteiger partial charge in [0, 0.05) is 0 Å². The number of aliphatic hydroxyl groups is 2. The summed E-state index contributed by atoms with van der Waals surface area (Å²) in [7, 11) is 0. The molecule has 3 N–H and O–H groups in total. The highest BCUT2D eigenvalue weighted by Crippen LogP contribution is 2.25. The average Bonchev–Trinajstić information content (AvgIpc) is 2.00. The summed E-state index contributed by atoms with van der Waals surface area (Å²) in [6.45, 7) is -1.47. The van der Waals surface area contributed by atoms with Crippen LogP contribution in [0.3, 0.4) is 0 Å². The Balaban J connectivity index is 2.73. The van der Waals surface area contributed by atoms with E-state index in [9.17, 15) is 13.6 Å². The van der Waals surface area contributed by atoms with E-state index in [1.165, 1.54) is 0 Å². The van der Waals surface area contributed by atoms with Gasteiger partial charge in [0.1, 0.15) is 0 Å². The summed E-state index contributed by atoms with van der Waals surface area (Å²) in [6.07, 6.45) is -6.14. The molecule has 0 saturated carbocycles. The summed E-state index contributed by atoms with van der Waals surface area (Å²) >= 11 is 0. The average molecular weight is 197 g/mol. The molecule has 0 aromatic carbocycles. The monoisotopic (exact) mass is 197 g/mol. The van der Waals surface area contributed by atoms with Gasteiger partial charge in [-0.2, -0.15) is 0 Å². The van der Waals surface area contributed by atoms with Gasteiger partial charge in [-0.1, -0.05) is 0 Å². The lowest BCUT2D eigenvalue weighted by Crippen LogP contribution is -2.62. The van der Waals surface area contributed by atoms with E-state index in [0.29, 0.717) is 4.90 Å². The normalized spacial score (nSPS) is 33.1. The SMILES string of the molecule is O=C(O)N1C[C@@H](F)C(O)(O)[C@@H](F)C1. The zero-order valence-electron chi connectivity index (χ0n) is 6.52. The first-order valence-electron chi connectivity index (χ1n) is 3.56. The van der Waals surface area contributed by atoms with Crippen molar-refractivity contribution in [2.75, 3.05) is 13.1 Å². The van der Waals surface area contributed by atoms with Gasteiger partial charge in [0.25, 0.3) is 0 Å². The highest BCUT2D eigenvalue weighted by atomic mass is 19.1. The standard InChI is InChI=1S/C6H9F2NO4/c7-3-1-9(5(10)11)2-4(8)6(3,12)13/h3-4,12-13H,1-2H2,(H,10,11)/t3-,4+. The molecule has 0 aliphatic carbocycles. The van der Waals surface area contributed by atoms with Crippen molar-refractivity contribution in [1.82, 2.24) is 4.90 Å². The zero-order valence-corrected chi connectivity index (χ0v) is 6.52. The summed E-state index contributed by atoms with van der Waals surface area (Å²) in [5.41, 5.74) is 0. The molecule has 1 aliphatic heterocycles. The third-order valence-electron chi connectivity index (χ3n) is 1.95. The maximum absolute atomic E-state index is 12.8. The number of halogens is 2. The molecule has 1 rings (SSSR count). The van der Waals surface area contributed by atoms with Gasteiger partial charge in [-0.15, -0.1) is 0 Å². The number of carbonyl (C=O) groups is 1. The van der Waals surface area contributed by atoms with Crippen LogP contribution in [0, 0.1) is 0 Å². The number of hydrogen-bond acceptors (Lipinski definition) is 3. The van der Waals surface area contributed by atoms with Crippen LogP contribution < -0.4 is 0 Å². The molecule has 2 atom stereocenters. The smallest absolute Gasteiger partial charge is 0.407 e. The van der Waals surface area contributed by atoms with E-state index in [-0.39, 0.29) is 0 Å². The Morgan fingerprint density at radius 2 is 1.69 bits per heavy atom. The van der Waals surface area contributed by atoms with Crippen molar-refractivity contribution >= 4 is 6.09 Å². The van der Waals surface area contributed by atoms with Crippen molar-refractivity contribution in [1.29, 1.82) is 0 Å². The van der Waals surface area contributed by atoms with Crippen molar-refractivity contribution in [2.24, 2.45) is 0 Å². The van der Waals surface area contributed by atoms with Crippen LogP contribution in [0.1, 0.15) is 0 Å². The minimum Gasteiger partial charge on any atom is -0.465 e. The third kappa shape index (κ3) is 1.70. The Kier molecular flexibility index (Phi) is 2.40. The zero-order chi connectivity index (χ0) is 10.2. The number of likely N-dealkylation sites (tertiary alicyclic amines) is 1. The molecule has 0 bridgehead atoms. The predicted octanol–water partition coefficient (Wildman–Crippen LogP) is -0.663. The van der Waals surface area contributed by atoms with Crippen LogP contribution in [0.4, 0.5) is 13.6 Å². The molecule has 0 unspecified atom stereocenters. The van der Waals surface area contributed by atoms with E-state index < -0.39 is 37.3 Å². The Labute approximate surface area is 72.2 Å². The van der Waals surface area contributed by atoms with Crippen LogP contribution in [0.15, 0.2) is 0 Å². The van der Waals surface area contributed by atoms with Crippen LogP contribution in [0.2, 0.25) is 0 Å². The lowest BCUT2D eigenvalue weighted by atomic mass is 10.0. The Morgan fingerprint density at radius 1 is 1.31 bits per heavy atom. The summed E-state index contributed by atoms with van der Waals surface area (Å²) in [4.78, 5) is 10.7. The quantitative estimate of drug-likeness (QED) is 0.450. The van der Waals surface area contributed by atoms with Crippen molar-refractivity contribution in [2.45, 2.75) is 18.1 Å². The number of rotatable bonds is 0. The highest BCUT2D eigenvalue weighted by molar-refractivity contribution is 5.65. The van der Waals surface area contributed by atoms with E-state index in [0.717, 1.165) is 0 Å². The molecule has 5 nitrogen and oxygen atoms in total. The van der Waals surface area contributed by atoms with Crippen LogP contribution in [-0.2, 0) is 0 Å². The minimum atomic E-state index is -3.08. The third-order valence-corrected chi connectivity index (χ3v) is 1.95. The van der Waals surface area contributed by atoms with Gasteiger partial charge < -0.3 is 20.2 Å². The number of piperidine rings is 1. The van der Waals surface area contributed by atoms with Crippen LogP contribution >= 0.6 is 0 Å². The van der Waals surface area contributed by atoms with E-state index in [4.69, 9.17) is 15.3 Å². The molecule has 0 aromatic heterocycles. The number of amides is 1. The van der Waals surface area contributed by atoms with Crippen molar-refractivity contribution in [3.63, 3.8) is 0 Å². The maximum atomic E-state index is 12.8. The molecule has 1 aliphatic rings. The minimum absolute atomic E-state index is 0.458. The fourth-order valence-corrected chi connectivity index (χ4v) is 1.08. The van der Waals surface area contributed by atoms with Gasteiger partial charge in [0.05, 0.1) is 13.1 Å². The Bertz CT molecular complexity index is 209. The first-order valence-corrected chi connectivity index (χ1v) is 3.56. The fraction of sp³-hybridized carbons (Fsp3) is 0.833. The molecule has 0 radical (unpaired) electrons.